The summed E-state index contributed by atoms with van der Waals surface area (Å²) in [6.45, 7) is 7.57. The number of nitrogens with one attached hydrogen (secondary N) is 1. The SMILES string of the molecule is CC[C@H](C(=O)O[C@@H](C)c1nc2sc(C)c(C)c2c(=O)[nH]1)c1ccccc1. The van der Waals surface area contributed by atoms with E-state index in [0.717, 1.165) is 16.0 Å². The minimum Gasteiger partial charge on any atom is -0.454 e. The van der Waals surface area contributed by atoms with Crippen molar-refractivity contribution in [1.82, 2.24) is 9.97 Å². The van der Waals surface area contributed by atoms with E-state index in [1.54, 1.807) is 6.92 Å². The average Bonchev–Trinajstić information content (AvgIpc) is 2.91. The van der Waals surface area contributed by atoms with Gasteiger partial charge in [-0.2, -0.15) is 0 Å². The summed E-state index contributed by atoms with van der Waals surface area (Å²) in [5.74, 6) is -0.271. The molecule has 0 radical (unpaired) electrons. The van der Waals surface area contributed by atoms with Crippen molar-refractivity contribution in [1.29, 1.82) is 0 Å². The Labute approximate surface area is 156 Å². The van der Waals surface area contributed by atoms with E-state index in [4.69, 9.17) is 4.74 Å². The summed E-state index contributed by atoms with van der Waals surface area (Å²) in [7, 11) is 0. The number of aryl methyl sites for hydroxylation is 2. The lowest BCUT2D eigenvalue weighted by molar-refractivity contribution is -0.151. The quantitative estimate of drug-likeness (QED) is 0.676. The Morgan fingerprint density at radius 1 is 1.27 bits per heavy atom. The molecule has 0 amide bonds. The first kappa shape index (κ1) is 18.3. The van der Waals surface area contributed by atoms with E-state index in [0.29, 0.717) is 22.5 Å². The highest BCUT2D eigenvalue weighted by molar-refractivity contribution is 7.18. The highest BCUT2D eigenvalue weighted by atomic mass is 32.1. The van der Waals surface area contributed by atoms with Crippen molar-refractivity contribution < 1.29 is 9.53 Å². The topological polar surface area (TPSA) is 72.0 Å². The van der Waals surface area contributed by atoms with E-state index in [9.17, 15) is 9.59 Å². The molecule has 2 heterocycles. The Kier molecular flexibility index (Phi) is 5.23. The van der Waals surface area contributed by atoms with Crippen LogP contribution in [0, 0.1) is 13.8 Å². The van der Waals surface area contributed by atoms with E-state index in [2.05, 4.69) is 9.97 Å². The van der Waals surface area contributed by atoms with Crippen molar-refractivity contribution in [3.63, 3.8) is 0 Å². The Hall–Kier alpha value is -2.47. The average molecular weight is 370 g/mol. The molecule has 0 aliphatic heterocycles. The summed E-state index contributed by atoms with van der Waals surface area (Å²) in [6, 6.07) is 9.57. The highest BCUT2D eigenvalue weighted by Crippen LogP contribution is 2.28. The van der Waals surface area contributed by atoms with E-state index in [1.807, 2.05) is 51.1 Å². The zero-order valence-corrected chi connectivity index (χ0v) is 16.1. The van der Waals surface area contributed by atoms with Crippen LogP contribution in [0.15, 0.2) is 35.1 Å². The molecule has 0 spiro atoms. The van der Waals surface area contributed by atoms with Gasteiger partial charge in [0.15, 0.2) is 11.9 Å². The van der Waals surface area contributed by atoms with Gasteiger partial charge in [0.1, 0.15) is 4.83 Å². The first-order chi connectivity index (χ1) is 12.4. The molecule has 5 nitrogen and oxygen atoms in total. The molecule has 136 valence electrons. The summed E-state index contributed by atoms with van der Waals surface area (Å²) >= 11 is 1.48. The number of carbonyl (C=O) groups is 1. The minimum absolute atomic E-state index is 0.190. The number of hydrogen-bond acceptors (Lipinski definition) is 5. The molecular weight excluding hydrogens is 348 g/mol. The maximum Gasteiger partial charge on any atom is 0.314 e. The van der Waals surface area contributed by atoms with E-state index in [1.165, 1.54) is 11.3 Å². The molecule has 2 atom stereocenters. The van der Waals surface area contributed by atoms with Crippen LogP contribution < -0.4 is 5.56 Å². The van der Waals surface area contributed by atoms with Crippen LogP contribution in [-0.4, -0.2) is 15.9 Å². The number of nitrogens with zero attached hydrogens (tertiary/aromatic N) is 1. The van der Waals surface area contributed by atoms with Crippen LogP contribution in [0.2, 0.25) is 0 Å². The van der Waals surface area contributed by atoms with E-state index >= 15 is 0 Å². The lowest BCUT2D eigenvalue weighted by Gasteiger charge is -2.18. The van der Waals surface area contributed by atoms with Gasteiger partial charge in [0, 0.05) is 4.88 Å². The highest BCUT2D eigenvalue weighted by Gasteiger charge is 2.24. The number of aromatic nitrogens is 2. The van der Waals surface area contributed by atoms with Gasteiger partial charge in [-0.3, -0.25) is 9.59 Å². The molecule has 0 saturated heterocycles. The second kappa shape index (κ2) is 7.41. The molecule has 0 aliphatic rings. The van der Waals surface area contributed by atoms with Gasteiger partial charge in [-0.1, -0.05) is 37.3 Å². The molecule has 2 aromatic heterocycles. The summed E-state index contributed by atoms with van der Waals surface area (Å²) < 4.78 is 5.62. The molecule has 3 aromatic rings. The second-order valence-corrected chi connectivity index (χ2v) is 7.57. The number of thiophene rings is 1. The van der Waals surface area contributed by atoms with Gasteiger partial charge in [0.05, 0.1) is 11.3 Å². The molecule has 0 bridgehead atoms. The zero-order chi connectivity index (χ0) is 18.8. The third-order valence-corrected chi connectivity index (χ3v) is 5.73. The Morgan fingerprint density at radius 3 is 2.62 bits per heavy atom. The first-order valence-electron chi connectivity index (χ1n) is 8.67. The van der Waals surface area contributed by atoms with Crippen LogP contribution in [0.5, 0.6) is 0 Å². The smallest absolute Gasteiger partial charge is 0.314 e. The molecular formula is C20H22N2O3S. The fourth-order valence-corrected chi connectivity index (χ4v) is 4.04. The summed E-state index contributed by atoms with van der Waals surface area (Å²) in [6.07, 6.45) is 0.0158. The molecule has 0 aliphatic carbocycles. The number of H-pyrrole nitrogens is 1. The number of rotatable bonds is 5. The van der Waals surface area contributed by atoms with Gasteiger partial charge >= 0.3 is 5.97 Å². The minimum atomic E-state index is -0.625. The Bertz CT molecular complexity index is 991. The zero-order valence-electron chi connectivity index (χ0n) is 15.3. The standard InChI is InChI=1S/C20H22N2O3S/c1-5-15(14-9-7-6-8-10-14)20(24)25-12(3)17-21-18(23)16-11(2)13(4)26-19(16)22-17/h6-10,12,15H,5H2,1-4H3,(H,21,22,23)/t12-,15-/m0/s1. The number of esters is 1. The molecule has 0 unspecified atom stereocenters. The fraction of sp³-hybridized carbons (Fsp3) is 0.350. The summed E-state index contributed by atoms with van der Waals surface area (Å²) in [5, 5.41) is 0.616. The fourth-order valence-electron chi connectivity index (χ4n) is 3.00. The Balaban J connectivity index is 1.85. The van der Waals surface area contributed by atoms with Crippen molar-refractivity contribution in [2.75, 3.05) is 0 Å². The monoisotopic (exact) mass is 370 g/mol. The molecule has 26 heavy (non-hydrogen) atoms. The predicted octanol–water partition coefficient (Wildman–Crippen LogP) is 4.40. The molecule has 0 saturated carbocycles. The predicted molar refractivity (Wildman–Crippen MR) is 104 cm³/mol. The summed E-state index contributed by atoms with van der Waals surface area (Å²) in [5.41, 5.74) is 1.68. The maximum atomic E-state index is 12.6. The molecule has 3 rings (SSSR count). The third kappa shape index (κ3) is 3.42. The largest absolute Gasteiger partial charge is 0.454 e. The van der Waals surface area contributed by atoms with Gasteiger partial charge in [-0.25, -0.2) is 4.98 Å². The normalized spacial score (nSPS) is 13.5. The number of carbonyl (C=O) groups excluding carboxylic acids is 1. The summed E-state index contributed by atoms with van der Waals surface area (Å²) in [4.78, 5) is 34.1. The van der Waals surface area contributed by atoms with Crippen LogP contribution in [-0.2, 0) is 9.53 Å². The maximum absolute atomic E-state index is 12.6. The van der Waals surface area contributed by atoms with E-state index in [-0.39, 0.29) is 17.4 Å². The van der Waals surface area contributed by atoms with E-state index < -0.39 is 6.10 Å². The number of ether oxygens (including phenoxy) is 1. The van der Waals surface area contributed by atoms with Crippen LogP contribution in [0.1, 0.15) is 54.1 Å². The van der Waals surface area contributed by atoms with Crippen molar-refractivity contribution in [3.05, 3.63) is 62.5 Å². The van der Waals surface area contributed by atoms with Gasteiger partial charge in [-0.05, 0) is 38.3 Å². The van der Waals surface area contributed by atoms with Crippen molar-refractivity contribution in [2.24, 2.45) is 0 Å². The van der Waals surface area contributed by atoms with Crippen molar-refractivity contribution in [3.8, 4) is 0 Å². The van der Waals surface area contributed by atoms with Crippen LogP contribution in [0.3, 0.4) is 0 Å². The number of benzene rings is 1. The number of hydrogen-bond donors (Lipinski definition) is 1. The molecule has 0 fully saturated rings. The van der Waals surface area contributed by atoms with Gasteiger partial charge in [-0.15, -0.1) is 11.3 Å². The van der Waals surface area contributed by atoms with Crippen LogP contribution >= 0.6 is 11.3 Å². The van der Waals surface area contributed by atoms with Crippen LogP contribution in [0.4, 0.5) is 0 Å². The molecule has 1 N–H and O–H groups in total. The van der Waals surface area contributed by atoms with Crippen molar-refractivity contribution in [2.45, 2.75) is 46.1 Å². The first-order valence-corrected chi connectivity index (χ1v) is 9.49. The molecule has 1 aromatic carbocycles. The third-order valence-electron chi connectivity index (χ3n) is 4.63. The number of fused-ring (bicyclic) bond motifs is 1. The van der Waals surface area contributed by atoms with Gasteiger partial charge in [0.25, 0.3) is 5.56 Å². The van der Waals surface area contributed by atoms with Crippen molar-refractivity contribution >= 4 is 27.5 Å². The number of aromatic amines is 1. The van der Waals surface area contributed by atoms with Gasteiger partial charge in [0.2, 0.25) is 0 Å². The van der Waals surface area contributed by atoms with Gasteiger partial charge < -0.3 is 9.72 Å². The molecule has 6 heteroatoms. The second-order valence-electron chi connectivity index (χ2n) is 6.37. The lowest BCUT2D eigenvalue weighted by atomic mass is 9.97. The van der Waals surface area contributed by atoms with Crippen LogP contribution in [0.25, 0.3) is 10.2 Å². The lowest BCUT2D eigenvalue weighted by Crippen LogP contribution is -2.20. The Morgan fingerprint density at radius 2 is 1.96 bits per heavy atom.